The quantitative estimate of drug-likeness (QED) is 0.836. The summed E-state index contributed by atoms with van der Waals surface area (Å²) in [5.41, 5.74) is 2.20. The molecule has 2 aromatic carbocycles. The molecular formula is C18H20FNO3S. The number of benzene rings is 2. The number of halogens is 1. The maximum absolute atomic E-state index is 13.5. The van der Waals surface area contributed by atoms with Gasteiger partial charge < -0.3 is 5.32 Å². The fourth-order valence-corrected chi connectivity index (χ4v) is 3.52. The van der Waals surface area contributed by atoms with Crippen LogP contribution in [0.5, 0.6) is 0 Å². The van der Waals surface area contributed by atoms with E-state index in [0.29, 0.717) is 6.54 Å². The lowest BCUT2D eigenvalue weighted by Gasteiger charge is -2.07. The van der Waals surface area contributed by atoms with Crippen LogP contribution in [0.15, 0.2) is 48.5 Å². The van der Waals surface area contributed by atoms with Gasteiger partial charge >= 0.3 is 0 Å². The van der Waals surface area contributed by atoms with Crippen molar-refractivity contribution in [3.63, 3.8) is 0 Å². The molecule has 0 heterocycles. The van der Waals surface area contributed by atoms with E-state index in [0.717, 1.165) is 11.1 Å². The van der Waals surface area contributed by atoms with Crippen molar-refractivity contribution in [1.29, 1.82) is 0 Å². The van der Waals surface area contributed by atoms with Crippen LogP contribution in [0, 0.1) is 12.7 Å². The molecule has 4 nitrogen and oxygen atoms in total. The van der Waals surface area contributed by atoms with Crippen LogP contribution in [0.2, 0.25) is 0 Å². The molecule has 6 heteroatoms. The number of amides is 1. The monoisotopic (exact) mass is 349 g/mol. The molecule has 128 valence electrons. The largest absolute Gasteiger partial charge is 0.352 e. The van der Waals surface area contributed by atoms with Crippen molar-refractivity contribution < 1.29 is 17.6 Å². The average molecular weight is 349 g/mol. The lowest BCUT2D eigenvalue weighted by molar-refractivity contribution is -0.120. The number of aryl methyl sites for hydroxylation is 1. The minimum absolute atomic E-state index is 0.123. The molecule has 0 bridgehead atoms. The summed E-state index contributed by atoms with van der Waals surface area (Å²) in [5, 5.41) is 2.69. The molecule has 0 fully saturated rings. The Hall–Kier alpha value is -2.21. The topological polar surface area (TPSA) is 63.2 Å². The zero-order chi connectivity index (χ0) is 17.6. The highest BCUT2D eigenvalue weighted by atomic mass is 32.2. The molecule has 2 aromatic rings. The Kier molecular flexibility index (Phi) is 6.09. The first-order valence-corrected chi connectivity index (χ1v) is 9.44. The van der Waals surface area contributed by atoms with Crippen LogP contribution in [0.1, 0.15) is 23.1 Å². The first-order valence-electron chi connectivity index (χ1n) is 7.62. The van der Waals surface area contributed by atoms with Crippen LogP contribution < -0.4 is 5.32 Å². The lowest BCUT2D eigenvalue weighted by Crippen LogP contribution is -2.25. The van der Waals surface area contributed by atoms with Crippen molar-refractivity contribution in [1.82, 2.24) is 5.32 Å². The molecule has 0 unspecified atom stereocenters. The number of carbonyl (C=O) groups is 1. The molecule has 0 aliphatic rings. The highest BCUT2D eigenvalue weighted by Gasteiger charge is 2.16. The summed E-state index contributed by atoms with van der Waals surface area (Å²) in [6.07, 6.45) is -0.136. The van der Waals surface area contributed by atoms with E-state index in [9.17, 15) is 17.6 Å². The number of hydrogen-bond donors (Lipinski definition) is 1. The van der Waals surface area contributed by atoms with E-state index in [-0.39, 0.29) is 23.6 Å². The molecular weight excluding hydrogens is 329 g/mol. The van der Waals surface area contributed by atoms with Gasteiger partial charge in [-0.25, -0.2) is 12.8 Å². The summed E-state index contributed by atoms with van der Waals surface area (Å²) >= 11 is 0. The third-order valence-electron chi connectivity index (χ3n) is 3.58. The van der Waals surface area contributed by atoms with Gasteiger partial charge in [-0.05, 0) is 18.6 Å². The van der Waals surface area contributed by atoms with E-state index in [1.54, 1.807) is 6.07 Å². The van der Waals surface area contributed by atoms with Gasteiger partial charge in [0.2, 0.25) is 5.91 Å². The van der Waals surface area contributed by atoms with Crippen LogP contribution in [0.25, 0.3) is 0 Å². The Labute approximate surface area is 141 Å². The van der Waals surface area contributed by atoms with E-state index in [1.165, 1.54) is 18.2 Å². The summed E-state index contributed by atoms with van der Waals surface area (Å²) < 4.78 is 37.6. The third-order valence-corrected chi connectivity index (χ3v) is 5.16. The fourth-order valence-electron chi connectivity index (χ4n) is 2.17. The molecule has 0 saturated carbocycles. The third kappa shape index (κ3) is 5.77. The molecule has 0 aromatic heterocycles. The highest BCUT2D eigenvalue weighted by Crippen LogP contribution is 2.12. The minimum Gasteiger partial charge on any atom is -0.352 e. The van der Waals surface area contributed by atoms with Gasteiger partial charge in [0.15, 0.2) is 9.84 Å². The van der Waals surface area contributed by atoms with Crippen molar-refractivity contribution in [2.24, 2.45) is 0 Å². The van der Waals surface area contributed by atoms with Crippen LogP contribution in [-0.4, -0.2) is 20.1 Å². The van der Waals surface area contributed by atoms with Gasteiger partial charge in [-0.3, -0.25) is 4.79 Å². The summed E-state index contributed by atoms with van der Waals surface area (Å²) in [7, 11) is -3.54. The van der Waals surface area contributed by atoms with E-state index >= 15 is 0 Å². The Morgan fingerprint density at radius 1 is 1.08 bits per heavy atom. The number of nitrogens with one attached hydrogen (secondary N) is 1. The number of rotatable bonds is 7. The van der Waals surface area contributed by atoms with Gasteiger partial charge in [0, 0.05) is 18.5 Å². The predicted octanol–water partition coefficient (Wildman–Crippen LogP) is 2.76. The van der Waals surface area contributed by atoms with Gasteiger partial charge in [-0.1, -0.05) is 48.0 Å². The van der Waals surface area contributed by atoms with Gasteiger partial charge in [-0.15, -0.1) is 0 Å². The first-order chi connectivity index (χ1) is 11.4. The zero-order valence-electron chi connectivity index (χ0n) is 13.5. The van der Waals surface area contributed by atoms with Gasteiger partial charge in [0.25, 0.3) is 0 Å². The maximum Gasteiger partial charge on any atom is 0.221 e. The van der Waals surface area contributed by atoms with Crippen LogP contribution in [0.3, 0.4) is 0 Å². The Bertz CT molecular complexity index is 801. The molecule has 0 spiro atoms. The molecule has 0 atom stereocenters. The van der Waals surface area contributed by atoms with Crippen LogP contribution in [-0.2, 0) is 26.9 Å². The molecule has 24 heavy (non-hydrogen) atoms. The average Bonchev–Trinajstić information content (AvgIpc) is 2.54. The van der Waals surface area contributed by atoms with Crippen molar-refractivity contribution in [3.8, 4) is 0 Å². The van der Waals surface area contributed by atoms with Crippen LogP contribution in [0.4, 0.5) is 4.39 Å². The molecule has 0 aliphatic carbocycles. The number of carbonyl (C=O) groups excluding carboxylic acids is 1. The van der Waals surface area contributed by atoms with Gasteiger partial charge in [-0.2, -0.15) is 0 Å². The molecule has 1 N–H and O–H groups in total. The molecule has 0 saturated heterocycles. The predicted molar refractivity (Wildman–Crippen MR) is 91.5 cm³/mol. The second kappa shape index (κ2) is 8.06. The SMILES string of the molecule is Cc1ccc(CNC(=O)CCS(=O)(=O)Cc2ccccc2F)cc1. The lowest BCUT2D eigenvalue weighted by atomic mass is 10.1. The normalized spacial score (nSPS) is 11.2. The Morgan fingerprint density at radius 2 is 1.75 bits per heavy atom. The molecule has 1 amide bonds. The van der Waals surface area contributed by atoms with Gasteiger partial charge in [0.05, 0.1) is 11.5 Å². The summed E-state index contributed by atoms with van der Waals surface area (Å²) in [5.74, 6) is -1.59. The number of hydrogen-bond acceptors (Lipinski definition) is 3. The van der Waals surface area contributed by atoms with Crippen LogP contribution >= 0.6 is 0 Å². The van der Waals surface area contributed by atoms with Crippen molar-refractivity contribution >= 4 is 15.7 Å². The van der Waals surface area contributed by atoms with Crippen molar-refractivity contribution in [2.75, 3.05) is 5.75 Å². The minimum atomic E-state index is -3.54. The summed E-state index contributed by atoms with van der Waals surface area (Å²) in [6, 6.07) is 13.4. The van der Waals surface area contributed by atoms with Crippen molar-refractivity contribution in [2.45, 2.75) is 25.6 Å². The van der Waals surface area contributed by atoms with Gasteiger partial charge in [0.1, 0.15) is 5.82 Å². The molecule has 0 radical (unpaired) electrons. The molecule has 2 rings (SSSR count). The summed E-state index contributed by atoms with van der Waals surface area (Å²) in [6.45, 7) is 2.33. The second-order valence-corrected chi connectivity index (χ2v) is 7.88. The smallest absolute Gasteiger partial charge is 0.221 e. The highest BCUT2D eigenvalue weighted by molar-refractivity contribution is 7.90. The Balaban J connectivity index is 1.82. The second-order valence-electron chi connectivity index (χ2n) is 5.70. The number of sulfone groups is 1. The van der Waals surface area contributed by atoms with E-state index in [2.05, 4.69) is 5.32 Å². The standard InChI is InChI=1S/C18H20FNO3S/c1-14-6-8-15(9-7-14)12-20-18(21)10-11-24(22,23)13-16-4-2-3-5-17(16)19/h2-9H,10-13H2,1H3,(H,20,21). The summed E-state index contributed by atoms with van der Waals surface area (Å²) in [4.78, 5) is 11.8. The fraction of sp³-hybridized carbons (Fsp3) is 0.278. The maximum atomic E-state index is 13.5. The zero-order valence-corrected chi connectivity index (χ0v) is 14.3. The van der Waals surface area contributed by atoms with E-state index in [4.69, 9.17) is 0 Å². The Morgan fingerprint density at radius 3 is 2.42 bits per heavy atom. The first kappa shape index (κ1) is 18.1. The van der Waals surface area contributed by atoms with E-state index in [1.807, 2.05) is 31.2 Å². The molecule has 0 aliphatic heterocycles. The van der Waals surface area contributed by atoms with Crippen molar-refractivity contribution in [3.05, 3.63) is 71.0 Å². The van der Waals surface area contributed by atoms with E-state index < -0.39 is 21.4 Å².